The van der Waals surface area contributed by atoms with E-state index in [0.29, 0.717) is 21.7 Å². The van der Waals surface area contributed by atoms with Gasteiger partial charge in [-0.3, -0.25) is 0 Å². The van der Waals surface area contributed by atoms with Crippen LogP contribution in [0.4, 0.5) is 13.2 Å². The predicted octanol–water partition coefficient (Wildman–Crippen LogP) is 4.52. The van der Waals surface area contributed by atoms with Gasteiger partial charge in [0.05, 0.1) is 12.2 Å². The normalized spacial score (nSPS) is 11.6. The van der Waals surface area contributed by atoms with E-state index in [9.17, 15) is 18.3 Å². The number of halogens is 4. The number of aliphatic hydroxyl groups is 1. The molecule has 2 aromatic rings. The van der Waals surface area contributed by atoms with Gasteiger partial charge in [0.1, 0.15) is 0 Å². The molecule has 0 saturated heterocycles. The first kappa shape index (κ1) is 13.9. The minimum Gasteiger partial charge on any atom is -0.392 e. The van der Waals surface area contributed by atoms with Crippen LogP contribution in [0.25, 0.3) is 11.1 Å². The molecule has 0 atom stereocenters. The van der Waals surface area contributed by atoms with Crippen molar-refractivity contribution in [3.05, 3.63) is 58.6 Å². The first-order valence-electron chi connectivity index (χ1n) is 5.49. The standard InChI is InChI=1S/C14H10ClF3O/c15-12-6-3-10(8-19)13(7-12)9-1-4-11(5-2-9)14(16,17)18/h1-7,19H,8H2. The van der Waals surface area contributed by atoms with Crippen molar-refractivity contribution < 1.29 is 18.3 Å². The van der Waals surface area contributed by atoms with E-state index in [1.807, 2.05) is 0 Å². The van der Waals surface area contributed by atoms with Gasteiger partial charge in [0.2, 0.25) is 0 Å². The summed E-state index contributed by atoms with van der Waals surface area (Å²) < 4.78 is 37.4. The maximum atomic E-state index is 12.5. The highest BCUT2D eigenvalue weighted by Crippen LogP contribution is 2.32. The molecule has 5 heteroatoms. The molecule has 0 bridgehead atoms. The Hall–Kier alpha value is -1.52. The van der Waals surface area contributed by atoms with E-state index in [-0.39, 0.29) is 6.61 Å². The zero-order chi connectivity index (χ0) is 14.0. The molecule has 0 radical (unpaired) electrons. The largest absolute Gasteiger partial charge is 0.416 e. The molecule has 0 heterocycles. The zero-order valence-electron chi connectivity index (χ0n) is 9.71. The first-order valence-corrected chi connectivity index (χ1v) is 5.86. The molecule has 0 saturated carbocycles. The van der Waals surface area contributed by atoms with E-state index < -0.39 is 11.7 Å². The Bertz CT molecular complexity index is 576. The lowest BCUT2D eigenvalue weighted by molar-refractivity contribution is -0.137. The second-order valence-corrected chi connectivity index (χ2v) is 4.47. The summed E-state index contributed by atoms with van der Waals surface area (Å²) in [7, 11) is 0. The highest BCUT2D eigenvalue weighted by molar-refractivity contribution is 6.30. The summed E-state index contributed by atoms with van der Waals surface area (Å²) in [5.41, 5.74) is 1.12. The molecule has 19 heavy (non-hydrogen) atoms. The van der Waals surface area contributed by atoms with Gasteiger partial charge in [-0.25, -0.2) is 0 Å². The third kappa shape index (κ3) is 3.08. The monoisotopic (exact) mass is 286 g/mol. The summed E-state index contributed by atoms with van der Waals surface area (Å²) >= 11 is 5.87. The molecule has 0 fully saturated rings. The van der Waals surface area contributed by atoms with Crippen LogP contribution in [0.2, 0.25) is 5.02 Å². The molecule has 2 aromatic carbocycles. The average molecular weight is 287 g/mol. The number of benzene rings is 2. The Morgan fingerprint density at radius 1 is 1.00 bits per heavy atom. The van der Waals surface area contributed by atoms with Crippen LogP contribution in [-0.4, -0.2) is 5.11 Å². The zero-order valence-corrected chi connectivity index (χ0v) is 10.5. The molecule has 0 aliphatic heterocycles. The van der Waals surface area contributed by atoms with Gasteiger partial charge in [-0.05, 0) is 41.0 Å². The summed E-state index contributed by atoms with van der Waals surface area (Å²) in [6, 6.07) is 9.65. The molecule has 0 aliphatic rings. The molecule has 0 unspecified atom stereocenters. The van der Waals surface area contributed by atoms with Crippen LogP contribution in [0.3, 0.4) is 0 Å². The fraction of sp³-hybridized carbons (Fsp3) is 0.143. The van der Waals surface area contributed by atoms with Crippen LogP contribution in [0.1, 0.15) is 11.1 Å². The lowest BCUT2D eigenvalue weighted by Crippen LogP contribution is -2.04. The average Bonchev–Trinajstić information content (AvgIpc) is 2.38. The lowest BCUT2D eigenvalue weighted by Gasteiger charge is -2.10. The topological polar surface area (TPSA) is 20.2 Å². The van der Waals surface area contributed by atoms with Gasteiger partial charge in [-0.2, -0.15) is 13.2 Å². The number of aliphatic hydroxyl groups excluding tert-OH is 1. The highest BCUT2D eigenvalue weighted by atomic mass is 35.5. The van der Waals surface area contributed by atoms with Crippen LogP contribution in [0.5, 0.6) is 0 Å². The van der Waals surface area contributed by atoms with Gasteiger partial charge in [0, 0.05) is 5.02 Å². The fourth-order valence-electron chi connectivity index (χ4n) is 1.79. The summed E-state index contributed by atoms with van der Waals surface area (Å²) in [5, 5.41) is 9.70. The number of hydrogen-bond acceptors (Lipinski definition) is 1. The van der Waals surface area contributed by atoms with Crippen molar-refractivity contribution in [3.8, 4) is 11.1 Å². The molecule has 100 valence electrons. The van der Waals surface area contributed by atoms with Crippen LogP contribution in [-0.2, 0) is 12.8 Å². The Morgan fingerprint density at radius 3 is 2.16 bits per heavy atom. The minimum absolute atomic E-state index is 0.201. The molecule has 1 nitrogen and oxygen atoms in total. The van der Waals surface area contributed by atoms with Gasteiger partial charge in [-0.15, -0.1) is 0 Å². The highest BCUT2D eigenvalue weighted by Gasteiger charge is 2.30. The number of hydrogen-bond donors (Lipinski definition) is 1. The predicted molar refractivity (Wildman–Crippen MR) is 67.8 cm³/mol. The van der Waals surface area contributed by atoms with Crippen LogP contribution in [0, 0.1) is 0 Å². The second-order valence-electron chi connectivity index (χ2n) is 4.03. The summed E-state index contributed by atoms with van der Waals surface area (Å²) in [6.45, 7) is -0.201. The van der Waals surface area contributed by atoms with Crippen molar-refractivity contribution in [2.24, 2.45) is 0 Å². The summed E-state index contributed by atoms with van der Waals surface area (Å²) in [6.07, 6.45) is -4.35. The molecule has 0 aliphatic carbocycles. The second kappa shape index (κ2) is 5.23. The van der Waals surface area contributed by atoms with E-state index in [0.717, 1.165) is 12.1 Å². The van der Waals surface area contributed by atoms with Crippen molar-refractivity contribution in [1.82, 2.24) is 0 Å². The number of alkyl halides is 3. The first-order chi connectivity index (χ1) is 8.91. The van der Waals surface area contributed by atoms with Crippen molar-refractivity contribution in [2.75, 3.05) is 0 Å². The van der Waals surface area contributed by atoms with Crippen LogP contribution < -0.4 is 0 Å². The molecule has 0 spiro atoms. The lowest BCUT2D eigenvalue weighted by atomic mass is 9.99. The summed E-state index contributed by atoms with van der Waals surface area (Å²) in [5.74, 6) is 0. The van der Waals surface area contributed by atoms with E-state index >= 15 is 0 Å². The van der Waals surface area contributed by atoms with Gasteiger partial charge in [-0.1, -0.05) is 29.8 Å². The third-order valence-electron chi connectivity index (χ3n) is 2.77. The molecule has 0 amide bonds. The van der Waals surface area contributed by atoms with Crippen molar-refractivity contribution in [1.29, 1.82) is 0 Å². The van der Waals surface area contributed by atoms with Crippen molar-refractivity contribution >= 4 is 11.6 Å². The van der Waals surface area contributed by atoms with Crippen LogP contribution in [0.15, 0.2) is 42.5 Å². The van der Waals surface area contributed by atoms with E-state index in [1.54, 1.807) is 18.2 Å². The van der Waals surface area contributed by atoms with Gasteiger partial charge < -0.3 is 5.11 Å². The quantitative estimate of drug-likeness (QED) is 0.861. The Morgan fingerprint density at radius 2 is 1.63 bits per heavy atom. The van der Waals surface area contributed by atoms with Crippen molar-refractivity contribution in [2.45, 2.75) is 12.8 Å². The molecule has 1 N–H and O–H groups in total. The molecular formula is C14H10ClF3O. The van der Waals surface area contributed by atoms with E-state index in [4.69, 9.17) is 11.6 Å². The van der Waals surface area contributed by atoms with E-state index in [1.165, 1.54) is 12.1 Å². The maximum absolute atomic E-state index is 12.5. The fourth-order valence-corrected chi connectivity index (χ4v) is 1.97. The van der Waals surface area contributed by atoms with Crippen LogP contribution >= 0.6 is 11.6 Å². The number of rotatable bonds is 2. The smallest absolute Gasteiger partial charge is 0.392 e. The summed E-state index contributed by atoms with van der Waals surface area (Å²) in [4.78, 5) is 0. The Balaban J connectivity index is 2.45. The van der Waals surface area contributed by atoms with Gasteiger partial charge in [0.15, 0.2) is 0 Å². The van der Waals surface area contributed by atoms with Gasteiger partial charge >= 0.3 is 6.18 Å². The van der Waals surface area contributed by atoms with Gasteiger partial charge in [0.25, 0.3) is 0 Å². The SMILES string of the molecule is OCc1ccc(Cl)cc1-c1ccc(C(F)(F)F)cc1. The third-order valence-corrected chi connectivity index (χ3v) is 3.00. The minimum atomic E-state index is -4.35. The molecular weight excluding hydrogens is 277 g/mol. The Kier molecular flexibility index (Phi) is 3.83. The maximum Gasteiger partial charge on any atom is 0.416 e. The van der Waals surface area contributed by atoms with Crippen molar-refractivity contribution in [3.63, 3.8) is 0 Å². The molecule has 2 rings (SSSR count). The molecule has 0 aromatic heterocycles. The Labute approximate surface area is 113 Å². The van der Waals surface area contributed by atoms with E-state index in [2.05, 4.69) is 0 Å².